The highest BCUT2D eigenvalue weighted by molar-refractivity contribution is 5.69. The molecule has 1 aromatic rings. The van der Waals surface area contributed by atoms with Crippen molar-refractivity contribution >= 4 is 12.1 Å². The Balaban J connectivity index is 2.53. The summed E-state index contributed by atoms with van der Waals surface area (Å²) in [5.74, 6) is -0.0312. The molecule has 0 aliphatic carbocycles. The molecule has 128 valence electrons. The summed E-state index contributed by atoms with van der Waals surface area (Å²) >= 11 is 0. The molecule has 1 N–H and O–H groups in total. The van der Waals surface area contributed by atoms with Crippen molar-refractivity contribution in [1.29, 1.82) is 0 Å². The minimum absolute atomic E-state index is 0.185. The van der Waals surface area contributed by atoms with Gasteiger partial charge in [-0.1, -0.05) is 30.3 Å². The number of nitrogens with one attached hydrogen (secondary N) is 1. The van der Waals surface area contributed by atoms with Crippen LogP contribution in [0, 0.1) is 0 Å². The molecule has 0 aliphatic rings. The van der Waals surface area contributed by atoms with E-state index >= 15 is 0 Å². The molecule has 0 spiro atoms. The van der Waals surface area contributed by atoms with Crippen LogP contribution in [0.15, 0.2) is 30.3 Å². The van der Waals surface area contributed by atoms with Gasteiger partial charge in [-0.25, -0.2) is 4.79 Å². The van der Waals surface area contributed by atoms with Gasteiger partial charge in [0.15, 0.2) is 0 Å². The molecule has 1 aromatic carbocycles. The molecule has 1 rings (SSSR count). The Morgan fingerprint density at radius 3 is 2.35 bits per heavy atom. The number of carbonyl (C=O) groups is 2. The third-order valence-corrected chi connectivity index (χ3v) is 3.36. The lowest BCUT2D eigenvalue weighted by atomic mass is 9.91. The monoisotopic (exact) mass is 321 g/mol. The standard InChI is InChI=1S/C18H27NO4/c1-18(2,3)23-17(21)19-13-12-15(10-11-16(20)22-4)14-8-6-5-7-9-14/h5-9,15H,10-13H2,1-4H3,(H,19,21). The first-order valence-electron chi connectivity index (χ1n) is 7.90. The van der Waals surface area contributed by atoms with Crippen molar-refractivity contribution in [2.75, 3.05) is 13.7 Å². The van der Waals surface area contributed by atoms with Crippen LogP contribution < -0.4 is 5.32 Å². The van der Waals surface area contributed by atoms with Crippen LogP contribution in [0.1, 0.15) is 51.5 Å². The van der Waals surface area contributed by atoms with Crippen molar-refractivity contribution in [2.45, 2.75) is 51.6 Å². The van der Waals surface area contributed by atoms with E-state index in [-0.39, 0.29) is 11.9 Å². The molecule has 0 radical (unpaired) electrons. The van der Waals surface area contributed by atoms with Gasteiger partial charge in [-0.05, 0) is 45.1 Å². The first-order valence-corrected chi connectivity index (χ1v) is 7.90. The van der Waals surface area contributed by atoms with Gasteiger partial charge in [-0.3, -0.25) is 4.79 Å². The molecule has 1 atom stereocenters. The summed E-state index contributed by atoms with van der Waals surface area (Å²) in [5, 5.41) is 2.76. The van der Waals surface area contributed by atoms with Crippen LogP contribution in [0.5, 0.6) is 0 Å². The molecule has 1 amide bonds. The summed E-state index contributed by atoms with van der Waals surface area (Å²) in [6.45, 7) is 5.98. The number of methoxy groups -OCH3 is 1. The Morgan fingerprint density at radius 1 is 1.13 bits per heavy atom. The molecule has 0 heterocycles. The first-order chi connectivity index (χ1) is 10.8. The predicted octanol–water partition coefficient (Wildman–Crippen LogP) is 3.64. The second-order valence-electron chi connectivity index (χ2n) is 6.44. The Morgan fingerprint density at radius 2 is 1.78 bits per heavy atom. The van der Waals surface area contributed by atoms with E-state index in [2.05, 4.69) is 5.32 Å². The van der Waals surface area contributed by atoms with Crippen LogP contribution in [-0.4, -0.2) is 31.3 Å². The normalized spacial score (nSPS) is 12.3. The van der Waals surface area contributed by atoms with Gasteiger partial charge >= 0.3 is 12.1 Å². The van der Waals surface area contributed by atoms with Crippen molar-refractivity contribution in [2.24, 2.45) is 0 Å². The number of alkyl carbamates (subject to hydrolysis) is 1. The average molecular weight is 321 g/mol. The molecular formula is C18H27NO4. The lowest BCUT2D eigenvalue weighted by Crippen LogP contribution is -2.33. The van der Waals surface area contributed by atoms with Gasteiger partial charge in [0.05, 0.1) is 7.11 Å². The van der Waals surface area contributed by atoms with E-state index in [1.807, 2.05) is 51.1 Å². The van der Waals surface area contributed by atoms with E-state index in [1.54, 1.807) is 0 Å². The molecule has 0 saturated carbocycles. The predicted molar refractivity (Wildman–Crippen MR) is 89.3 cm³/mol. The van der Waals surface area contributed by atoms with Crippen molar-refractivity contribution in [1.82, 2.24) is 5.32 Å². The zero-order chi connectivity index (χ0) is 17.3. The van der Waals surface area contributed by atoms with E-state index in [9.17, 15) is 9.59 Å². The molecule has 0 saturated heterocycles. The second kappa shape index (κ2) is 9.18. The maximum Gasteiger partial charge on any atom is 0.407 e. The number of esters is 1. The van der Waals surface area contributed by atoms with Crippen LogP contribution in [0.3, 0.4) is 0 Å². The van der Waals surface area contributed by atoms with Crippen LogP contribution >= 0.6 is 0 Å². The fourth-order valence-electron chi connectivity index (χ4n) is 2.26. The van der Waals surface area contributed by atoms with Crippen molar-refractivity contribution in [3.8, 4) is 0 Å². The summed E-state index contributed by atoms with van der Waals surface area (Å²) in [6, 6.07) is 9.98. The maximum atomic E-state index is 11.7. The Hall–Kier alpha value is -2.04. The van der Waals surface area contributed by atoms with Crippen molar-refractivity contribution < 1.29 is 19.1 Å². The number of amides is 1. The van der Waals surface area contributed by atoms with Gasteiger partial charge in [0.1, 0.15) is 5.60 Å². The zero-order valence-electron chi connectivity index (χ0n) is 14.4. The number of carbonyl (C=O) groups excluding carboxylic acids is 2. The Kier molecular flexibility index (Phi) is 7.59. The molecule has 5 nitrogen and oxygen atoms in total. The van der Waals surface area contributed by atoms with Gasteiger partial charge in [0.25, 0.3) is 0 Å². The van der Waals surface area contributed by atoms with Gasteiger partial charge in [0, 0.05) is 13.0 Å². The minimum atomic E-state index is -0.506. The first kappa shape index (κ1) is 19.0. The number of benzene rings is 1. The quantitative estimate of drug-likeness (QED) is 0.779. The topological polar surface area (TPSA) is 64.6 Å². The number of hydrogen-bond acceptors (Lipinski definition) is 4. The van der Waals surface area contributed by atoms with Crippen LogP contribution in [0.4, 0.5) is 4.79 Å². The van der Waals surface area contributed by atoms with Crippen LogP contribution in [0.25, 0.3) is 0 Å². The molecule has 5 heteroatoms. The largest absolute Gasteiger partial charge is 0.469 e. The summed E-state index contributed by atoms with van der Waals surface area (Å²) in [7, 11) is 1.39. The highest BCUT2D eigenvalue weighted by Gasteiger charge is 2.17. The fourth-order valence-corrected chi connectivity index (χ4v) is 2.26. The Bertz CT molecular complexity index is 493. The highest BCUT2D eigenvalue weighted by Crippen LogP contribution is 2.24. The molecular weight excluding hydrogens is 294 g/mol. The van der Waals surface area contributed by atoms with E-state index in [0.29, 0.717) is 19.4 Å². The van der Waals surface area contributed by atoms with Gasteiger partial charge in [-0.2, -0.15) is 0 Å². The summed E-state index contributed by atoms with van der Waals surface area (Å²) < 4.78 is 9.92. The smallest absolute Gasteiger partial charge is 0.407 e. The number of ether oxygens (including phenoxy) is 2. The number of rotatable bonds is 7. The van der Waals surface area contributed by atoms with Gasteiger partial charge in [0.2, 0.25) is 0 Å². The maximum absolute atomic E-state index is 11.7. The lowest BCUT2D eigenvalue weighted by molar-refractivity contribution is -0.140. The van der Waals surface area contributed by atoms with Crippen LogP contribution in [-0.2, 0) is 14.3 Å². The van der Waals surface area contributed by atoms with E-state index in [4.69, 9.17) is 9.47 Å². The van der Waals surface area contributed by atoms with E-state index < -0.39 is 11.7 Å². The van der Waals surface area contributed by atoms with Crippen molar-refractivity contribution in [3.63, 3.8) is 0 Å². The second-order valence-corrected chi connectivity index (χ2v) is 6.44. The van der Waals surface area contributed by atoms with Crippen LogP contribution in [0.2, 0.25) is 0 Å². The van der Waals surface area contributed by atoms with E-state index in [1.165, 1.54) is 7.11 Å². The molecule has 0 bridgehead atoms. The summed E-state index contributed by atoms with van der Waals surface area (Å²) in [6.07, 6.45) is 1.37. The molecule has 0 aromatic heterocycles. The average Bonchev–Trinajstić information content (AvgIpc) is 2.49. The fraction of sp³-hybridized carbons (Fsp3) is 0.556. The summed E-state index contributed by atoms with van der Waals surface area (Å²) in [5.41, 5.74) is 0.649. The van der Waals surface area contributed by atoms with Crippen molar-refractivity contribution in [3.05, 3.63) is 35.9 Å². The minimum Gasteiger partial charge on any atom is -0.469 e. The third-order valence-electron chi connectivity index (χ3n) is 3.36. The van der Waals surface area contributed by atoms with Gasteiger partial charge < -0.3 is 14.8 Å². The molecule has 0 fully saturated rings. The SMILES string of the molecule is COC(=O)CCC(CCNC(=O)OC(C)(C)C)c1ccccc1. The molecule has 1 unspecified atom stereocenters. The van der Waals surface area contributed by atoms with E-state index in [0.717, 1.165) is 12.0 Å². The number of hydrogen-bond donors (Lipinski definition) is 1. The highest BCUT2D eigenvalue weighted by atomic mass is 16.6. The summed E-state index contributed by atoms with van der Waals surface area (Å²) in [4.78, 5) is 23.1. The molecule has 0 aliphatic heterocycles. The van der Waals surface area contributed by atoms with Gasteiger partial charge in [-0.15, -0.1) is 0 Å². The zero-order valence-corrected chi connectivity index (χ0v) is 14.4. The lowest BCUT2D eigenvalue weighted by Gasteiger charge is -2.21. The molecule has 23 heavy (non-hydrogen) atoms. The Labute approximate surface area is 138 Å². The third kappa shape index (κ3) is 8.24.